The average Bonchev–Trinajstić information content (AvgIpc) is 1.37. The molecule has 0 saturated carbocycles. The summed E-state index contributed by atoms with van der Waals surface area (Å²) >= 11 is 0. The van der Waals surface area contributed by atoms with Gasteiger partial charge in [-0.25, -0.2) is 0 Å². The quantitative estimate of drug-likeness (QED) is 0.462. The molecule has 8 nitrogen and oxygen atoms in total. The Morgan fingerprint density at radius 1 is 0.818 bits per heavy atom. The first-order valence-corrected chi connectivity index (χ1v) is 1.22. The molecule has 9 heteroatoms. The molecule has 0 aliphatic rings. The predicted molar refractivity (Wildman–Crippen MR) is 37.8 cm³/mol. The van der Waals surface area contributed by atoms with Gasteiger partial charge < -0.3 is 43.7 Å². The number of rotatable bonds is 1. The molecule has 0 aromatic heterocycles. The van der Waals surface area contributed by atoms with Gasteiger partial charge in [0.15, 0.2) is 0 Å². The minimum atomic E-state index is 0. The molecule has 0 unspecified atom stereocenters. The monoisotopic (exact) mass is 364 g/mol. The van der Waals surface area contributed by atoms with Gasteiger partial charge in [0.2, 0.25) is 0 Å². The van der Waals surface area contributed by atoms with Crippen molar-refractivity contribution in [1.82, 2.24) is 0 Å². The van der Waals surface area contributed by atoms with Gasteiger partial charge in [-0.05, 0) is 0 Å². The van der Waals surface area contributed by atoms with Crippen LogP contribution in [0.2, 0.25) is 0 Å². The molecule has 0 saturated heterocycles. The predicted octanol–water partition coefficient (Wildman–Crippen LogP) is -6.01. The number of aliphatic hydroxyl groups is 1. The van der Waals surface area contributed by atoms with E-state index in [0.29, 0.717) is 6.54 Å². The van der Waals surface area contributed by atoms with E-state index in [1.807, 2.05) is 0 Å². The molecule has 84 valence electrons. The molecule has 15 N–H and O–H groups in total. The Hall–Kier alpha value is 0.368. The zero-order valence-electron chi connectivity index (χ0n) is 5.76. The van der Waals surface area contributed by atoms with Crippen molar-refractivity contribution in [3.05, 3.63) is 0 Å². The largest absolute Gasteiger partial charge is 0.412 e. The summed E-state index contributed by atoms with van der Waals surface area (Å²) in [4.78, 5) is 0. The van der Waals surface area contributed by atoms with E-state index in [-0.39, 0.29) is 60.5 Å². The topological polar surface area (TPSA) is 235 Å². The second-order valence-electron chi connectivity index (χ2n) is 0.512. The summed E-state index contributed by atoms with van der Waals surface area (Å²) in [5.74, 6) is 0. The maximum Gasteiger partial charge on any atom is 0.0553 e. The van der Waals surface area contributed by atoms with E-state index in [2.05, 4.69) is 0 Å². The number of aliphatic hydroxyl groups excluding tert-OH is 1. The third-order valence-corrected chi connectivity index (χ3v) is 0.129. The van der Waals surface area contributed by atoms with E-state index in [9.17, 15) is 0 Å². The second kappa shape index (κ2) is 162. The van der Waals surface area contributed by atoms with Crippen molar-refractivity contribution in [3.63, 3.8) is 0 Å². The van der Waals surface area contributed by atoms with Crippen molar-refractivity contribution in [2.75, 3.05) is 13.2 Å². The average molecular weight is 364 g/mol. The zero-order chi connectivity index (χ0) is 3.41. The van der Waals surface area contributed by atoms with E-state index >= 15 is 0 Å². The van der Waals surface area contributed by atoms with Crippen molar-refractivity contribution < 1.29 is 59.0 Å². The minimum Gasteiger partial charge on any atom is -0.412 e. The molecule has 0 amide bonds. The van der Waals surface area contributed by atoms with Gasteiger partial charge in [0.05, 0.1) is 6.61 Å². The van der Waals surface area contributed by atoms with Crippen LogP contribution in [0.4, 0.5) is 0 Å². The van der Waals surface area contributed by atoms with Crippen LogP contribution in [-0.2, 0) is 21.1 Å². The second-order valence-corrected chi connectivity index (χ2v) is 0.512. The maximum absolute atomic E-state index is 7.75. The maximum atomic E-state index is 7.75. The van der Waals surface area contributed by atoms with Crippen molar-refractivity contribution >= 4 is 0 Å². The Kier molecular flexibility index (Phi) is 1590. The summed E-state index contributed by atoms with van der Waals surface area (Å²) in [7, 11) is 0. The molecule has 0 heterocycles. The van der Waals surface area contributed by atoms with E-state index in [0.717, 1.165) is 0 Å². The summed E-state index contributed by atoms with van der Waals surface area (Å²) < 4.78 is 0. The molecule has 11 heavy (non-hydrogen) atoms. The van der Waals surface area contributed by atoms with Crippen molar-refractivity contribution in [2.45, 2.75) is 0 Å². The molecule has 0 atom stereocenters. The molecule has 0 aliphatic heterocycles. The Labute approximate surface area is 78.5 Å². The molecule has 0 aromatic carbocycles. The fourth-order valence-electron chi connectivity index (χ4n) is 0. The van der Waals surface area contributed by atoms with Gasteiger partial charge in [0, 0.05) is 27.6 Å². The van der Waals surface area contributed by atoms with Gasteiger partial charge in [-0.15, -0.1) is 0 Å². The summed E-state index contributed by atoms with van der Waals surface area (Å²) in [6, 6.07) is 0. The van der Waals surface area contributed by atoms with E-state index in [1.54, 1.807) is 0 Å². The zero-order valence-corrected chi connectivity index (χ0v) is 8.03. The third kappa shape index (κ3) is 388. The number of hydrogen-bond donors (Lipinski definition) is 2. The van der Waals surface area contributed by atoms with Crippen LogP contribution in [0.15, 0.2) is 0 Å². The minimum absolute atomic E-state index is 0. The summed E-state index contributed by atoms with van der Waals surface area (Å²) in [5, 5.41) is 7.75. The Morgan fingerprint density at radius 2 is 0.909 bits per heavy atom. The van der Waals surface area contributed by atoms with Gasteiger partial charge >= 0.3 is 0 Å². The SMILES string of the molecule is NCCO.O.O.O.O.O.O.[Pt]. The van der Waals surface area contributed by atoms with Gasteiger partial charge in [-0.3, -0.25) is 0 Å². The normalized spacial score (nSPS) is 2.73. The summed E-state index contributed by atoms with van der Waals surface area (Å²) in [6.45, 7) is 0.472. The fourth-order valence-corrected chi connectivity index (χ4v) is 0. The van der Waals surface area contributed by atoms with Crippen LogP contribution in [0.25, 0.3) is 0 Å². The third-order valence-electron chi connectivity index (χ3n) is 0.129. The summed E-state index contributed by atoms with van der Waals surface area (Å²) in [6.07, 6.45) is 0. The number of hydrogen-bond acceptors (Lipinski definition) is 2. The fraction of sp³-hybridized carbons (Fsp3) is 1.00. The molecular formula is C2H19NO7Pt. The first-order chi connectivity index (χ1) is 1.91. The molecular weight excluding hydrogens is 345 g/mol. The molecule has 0 fully saturated rings. The Morgan fingerprint density at radius 3 is 0.909 bits per heavy atom. The van der Waals surface area contributed by atoms with Gasteiger partial charge in [0.25, 0.3) is 0 Å². The smallest absolute Gasteiger partial charge is 0.0553 e. The van der Waals surface area contributed by atoms with Gasteiger partial charge in [-0.2, -0.15) is 0 Å². The Balaban J connectivity index is -0.00000000214. The first-order valence-electron chi connectivity index (χ1n) is 1.22. The van der Waals surface area contributed by atoms with Gasteiger partial charge in [0.1, 0.15) is 0 Å². The molecule has 0 spiro atoms. The van der Waals surface area contributed by atoms with Crippen LogP contribution in [-0.4, -0.2) is 51.1 Å². The molecule has 0 rings (SSSR count). The van der Waals surface area contributed by atoms with Crippen LogP contribution >= 0.6 is 0 Å². The van der Waals surface area contributed by atoms with Crippen LogP contribution in [0.3, 0.4) is 0 Å². The van der Waals surface area contributed by atoms with E-state index in [4.69, 9.17) is 10.8 Å². The molecule has 0 aliphatic carbocycles. The molecule has 0 bridgehead atoms. The standard InChI is InChI=1S/C2H7NO.6H2O.Pt/c3-1-2-4;;;;;;;/h4H,1-3H2;6*1H2;. The molecule has 0 aromatic rings. The van der Waals surface area contributed by atoms with Crippen LogP contribution < -0.4 is 5.73 Å². The van der Waals surface area contributed by atoms with Crippen LogP contribution in [0.1, 0.15) is 0 Å². The molecule has 0 radical (unpaired) electrons. The van der Waals surface area contributed by atoms with Crippen LogP contribution in [0, 0.1) is 0 Å². The Bertz CT molecular complexity index is 18.4. The van der Waals surface area contributed by atoms with Gasteiger partial charge in [-0.1, -0.05) is 0 Å². The van der Waals surface area contributed by atoms with Crippen molar-refractivity contribution in [3.8, 4) is 0 Å². The first kappa shape index (κ1) is 108. The van der Waals surface area contributed by atoms with Crippen molar-refractivity contribution in [2.24, 2.45) is 5.73 Å². The summed E-state index contributed by atoms with van der Waals surface area (Å²) in [5.41, 5.74) is 4.78. The van der Waals surface area contributed by atoms with E-state index < -0.39 is 0 Å². The van der Waals surface area contributed by atoms with Crippen LogP contribution in [0.5, 0.6) is 0 Å². The number of nitrogens with two attached hydrogens (primary N) is 1. The van der Waals surface area contributed by atoms with Crippen molar-refractivity contribution in [1.29, 1.82) is 0 Å². The van der Waals surface area contributed by atoms with E-state index in [1.165, 1.54) is 0 Å².